The minimum Gasteiger partial charge on any atom is -0.396 e. The van der Waals surface area contributed by atoms with E-state index in [9.17, 15) is 5.11 Å². The highest BCUT2D eigenvalue weighted by molar-refractivity contribution is 5.22. The van der Waals surface area contributed by atoms with Crippen LogP contribution >= 0.6 is 0 Å². The van der Waals surface area contributed by atoms with Crippen LogP contribution in [-0.4, -0.2) is 18.3 Å². The Balaban J connectivity index is 2.78. The zero-order valence-electron chi connectivity index (χ0n) is 9.66. The molecule has 1 rings (SSSR count). The molecular weight excluding hydrogens is 186 g/mol. The summed E-state index contributed by atoms with van der Waals surface area (Å²) in [5.41, 5.74) is 8.12. The molecule has 0 amide bonds. The molecule has 84 valence electrons. The van der Waals surface area contributed by atoms with Crippen LogP contribution in [0.25, 0.3) is 0 Å². The largest absolute Gasteiger partial charge is 0.396 e. The van der Waals surface area contributed by atoms with E-state index in [-0.39, 0.29) is 12.0 Å². The average molecular weight is 207 g/mol. The van der Waals surface area contributed by atoms with Crippen LogP contribution in [-0.2, 0) is 6.42 Å². The fourth-order valence-electron chi connectivity index (χ4n) is 1.71. The van der Waals surface area contributed by atoms with E-state index in [0.717, 1.165) is 12.8 Å². The Morgan fingerprint density at radius 3 is 2.27 bits per heavy atom. The summed E-state index contributed by atoms with van der Waals surface area (Å²) in [6, 6.07) is 8.43. The van der Waals surface area contributed by atoms with Crippen molar-refractivity contribution in [1.82, 2.24) is 0 Å². The van der Waals surface area contributed by atoms with E-state index in [1.54, 1.807) is 0 Å². The third-order valence-corrected chi connectivity index (χ3v) is 3.22. The molecule has 0 aromatic heterocycles. The maximum atomic E-state index is 9.41. The lowest BCUT2D eigenvalue weighted by Gasteiger charge is -2.29. The number of aryl methyl sites for hydroxylation is 1. The summed E-state index contributed by atoms with van der Waals surface area (Å²) in [6.07, 6.45) is 1.77. The van der Waals surface area contributed by atoms with Crippen molar-refractivity contribution in [1.29, 1.82) is 0 Å². The molecule has 0 aliphatic heterocycles. The smallest absolute Gasteiger partial charge is 0.0502 e. The molecule has 0 radical (unpaired) electrons. The van der Waals surface area contributed by atoms with Crippen molar-refractivity contribution in [3.8, 4) is 0 Å². The van der Waals surface area contributed by atoms with Gasteiger partial charge in [0.15, 0.2) is 0 Å². The molecule has 0 saturated heterocycles. The van der Waals surface area contributed by atoms with Gasteiger partial charge in [-0.2, -0.15) is 0 Å². The van der Waals surface area contributed by atoms with Crippen molar-refractivity contribution in [2.75, 3.05) is 13.2 Å². The van der Waals surface area contributed by atoms with E-state index in [1.165, 1.54) is 11.1 Å². The molecule has 1 aromatic rings. The van der Waals surface area contributed by atoms with Crippen molar-refractivity contribution in [3.63, 3.8) is 0 Å². The predicted octanol–water partition coefficient (Wildman–Crippen LogP) is 1.88. The number of aliphatic hydroxyl groups is 1. The lowest BCUT2D eigenvalue weighted by atomic mass is 9.80. The molecule has 0 aliphatic rings. The van der Waals surface area contributed by atoms with Gasteiger partial charge in [0.05, 0.1) is 6.61 Å². The first-order valence-electron chi connectivity index (χ1n) is 5.52. The minimum absolute atomic E-state index is 0.144. The third-order valence-electron chi connectivity index (χ3n) is 3.22. The van der Waals surface area contributed by atoms with Crippen LogP contribution in [0, 0.1) is 12.3 Å². The van der Waals surface area contributed by atoms with Crippen molar-refractivity contribution in [3.05, 3.63) is 35.4 Å². The Bertz CT molecular complexity index is 280. The molecule has 15 heavy (non-hydrogen) atoms. The summed E-state index contributed by atoms with van der Waals surface area (Å²) in [7, 11) is 0. The van der Waals surface area contributed by atoms with Gasteiger partial charge in [-0.15, -0.1) is 0 Å². The molecular formula is C13H21NO. The molecule has 0 bridgehead atoms. The molecule has 0 saturated carbocycles. The number of rotatable bonds is 5. The monoisotopic (exact) mass is 207 g/mol. The van der Waals surface area contributed by atoms with Crippen LogP contribution in [0.3, 0.4) is 0 Å². The highest BCUT2D eigenvalue weighted by Gasteiger charge is 2.25. The number of hydrogen-bond donors (Lipinski definition) is 2. The summed E-state index contributed by atoms with van der Waals surface area (Å²) in [4.78, 5) is 0. The number of benzene rings is 1. The minimum atomic E-state index is -0.144. The maximum absolute atomic E-state index is 9.41. The van der Waals surface area contributed by atoms with Gasteiger partial charge in [0.25, 0.3) is 0 Å². The van der Waals surface area contributed by atoms with Gasteiger partial charge < -0.3 is 10.8 Å². The van der Waals surface area contributed by atoms with Crippen LogP contribution < -0.4 is 5.73 Å². The number of hydrogen-bond acceptors (Lipinski definition) is 2. The average Bonchev–Trinajstić information content (AvgIpc) is 2.29. The highest BCUT2D eigenvalue weighted by Crippen LogP contribution is 2.25. The second kappa shape index (κ2) is 5.29. The Morgan fingerprint density at radius 1 is 1.27 bits per heavy atom. The molecule has 0 aliphatic carbocycles. The molecule has 0 fully saturated rings. The van der Waals surface area contributed by atoms with Gasteiger partial charge in [-0.25, -0.2) is 0 Å². The van der Waals surface area contributed by atoms with E-state index < -0.39 is 0 Å². The van der Waals surface area contributed by atoms with E-state index >= 15 is 0 Å². The second-order valence-corrected chi connectivity index (χ2v) is 4.38. The fraction of sp³-hybridized carbons (Fsp3) is 0.538. The summed E-state index contributed by atoms with van der Waals surface area (Å²) in [5.74, 6) is 0. The Labute approximate surface area is 92.1 Å². The van der Waals surface area contributed by atoms with Crippen LogP contribution in [0.4, 0.5) is 0 Å². The topological polar surface area (TPSA) is 46.2 Å². The molecule has 2 heteroatoms. The van der Waals surface area contributed by atoms with E-state index in [2.05, 4.69) is 38.1 Å². The first-order chi connectivity index (χ1) is 7.15. The van der Waals surface area contributed by atoms with Crippen molar-refractivity contribution in [2.24, 2.45) is 11.1 Å². The normalized spacial score (nSPS) is 14.9. The summed E-state index contributed by atoms with van der Waals surface area (Å²) >= 11 is 0. The summed E-state index contributed by atoms with van der Waals surface area (Å²) in [5, 5.41) is 9.41. The highest BCUT2D eigenvalue weighted by atomic mass is 16.3. The summed E-state index contributed by atoms with van der Waals surface area (Å²) in [6.45, 7) is 4.85. The molecule has 1 atom stereocenters. The molecule has 3 N–H and O–H groups in total. The first-order valence-corrected chi connectivity index (χ1v) is 5.52. The Hall–Kier alpha value is -0.860. The van der Waals surface area contributed by atoms with Crippen LogP contribution in [0.2, 0.25) is 0 Å². The van der Waals surface area contributed by atoms with Gasteiger partial charge >= 0.3 is 0 Å². The lowest BCUT2D eigenvalue weighted by Crippen LogP contribution is -2.35. The van der Waals surface area contributed by atoms with Crippen LogP contribution in [0.1, 0.15) is 24.5 Å². The van der Waals surface area contributed by atoms with Crippen molar-refractivity contribution < 1.29 is 5.11 Å². The van der Waals surface area contributed by atoms with Crippen LogP contribution in [0.15, 0.2) is 24.3 Å². The van der Waals surface area contributed by atoms with Crippen LogP contribution in [0.5, 0.6) is 0 Å². The SMILES string of the molecule is CCC(CN)(CO)Cc1ccc(C)cc1. The predicted molar refractivity (Wildman–Crippen MR) is 63.7 cm³/mol. The zero-order valence-corrected chi connectivity index (χ0v) is 9.66. The maximum Gasteiger partial charge on any atom is 0.0502 e. The first kappa shape index (κ1) is 12.2. The Morgan fingerprint density at radius 2 is 1.87 bits per heavy atom. The molecule has 0 heterocycles. The number of aliphatic hydroxyl groups excluding tert-OH is 1. The quantitative estimate of drug-likeness (QED) is 0.774. The van der Waals surface area contributed by atoms with Gasteiger partial charge in [0.1, 0.15) is 0 Å². The van der Waals surface area contributed by atoms with Gasteiger partial charge in [0.2, 0.25) is 0 Å². The number of nitrogens with two attached hydrogens (primary N) is 1. The van der Waals surface area contributed by atoms with Gasteiger partial charge in [-0.05, 0) is 25.3 Å². The van der Waals surface area contributed by atoms with E-state index in [1.807, 2.05) is 0 Å². The van der Waals surface area contributed by atoms with Gasteiger partial charge in [0, 0.05) is 12.0 Å². The standard InChI is InChI=1S/C13H21NO/c1-3-13(9-14,10-15)8-12-6-4-11(2)5-7-12/h4-7,15H,3,8-10,14H2,1-2H3. The van der Waals surface area contributed by atoms with Crippen molar-refractivity contribution >= 4 is 0 Å². The second-order valence-electron chi connectivity index (χ2n) is 4.38. The van der Waals surface area contributed by atoms with Gasteiger partial charge in [-0.1, -0.05) is 36.8 Å². The Kier molecular flexibility index (Phi) is 4.30. The fourth-order valence-corrected chi connectivity index (χ4v) is 1.71. The zero-order chi connectivity index (χ0) is 11.3. The molecule has 1 aromatic carbocycles. The molecule has 0 spiro atoms. The van der Waals surface area contributed by atoms with E-state index in [4.69, 9.17) is 5.73 Å². The van der Waals surface area contributed by atoms with Crippen molar-refractivity contribution in [2.45, 2.75) is 26.7 Å². The van der Waals surface area contributed by atoms with Gasteiger partial charge in [-0.3, -0.25) is 0 Å². The molecule has 2 nitrogen and oxygen atoms in total. The lowest BCUT2D eigenvalue weighted by molar-refractivity contribution is 0.127. The summed E-state index contributed by atoms with van der Waals surface area (Å²) < 4.78 is 0. The van der Waals surface area contributed by atoms with E-state index in [0.29, 0.717) is 6.54 Å². The molecule has 1 unspecified atom stereocenters. The third kappa shape index (κ3) is 3.05.